The largest absolute Gasteiger partial charge is 0.457 e. The van der Waals surface area contributed by atoms with Crippen LogP contribution in [0, 0.1) is 0 Å². The second kappa shape index (κ2) is 49.5. The Balaban J connectivity index is 3.40. The van der Waals surface area contributed by atoms with Crippen LogP contribution in [0.15, 0.2) is 48.6 Å². The zero-order chi connectivity index (χ0) is 40.5. The first-order valence-corrected chi connectivity index (χ1v) is 24.7. The van der Waals surface area contributed by atoms with Gasteiger partial charge in [0.15, 0.2) is 0 Å². The topological polar surface area (TPSA) is 55.8 Å². The minimum Gasteiger partial charge on any atom is -0.457 e. The average molecular weight is 785 g/mol. The SMILES string of the molecule is CCCCCC/C=C\C/C=C\CCCCCCCCCC(=O)OC(CO)COCCCCCCCCCCCCCCCC/C=C\C/C=C\CCCCCCC. The molecule has 1 unspecified atom stereocenters. The second-order valence-electron chi connectivity index (χ2n) is 16.5. The Morgan fingerprint density at radius 1 is 0.429 bits per heavy atom. The highest BCUT2D eigenvalue weighted by atomic mass is 16.6. The number of rotatable bonds is 46. The summed E-state index contributed by atoms with van der Waals surface area (Å²) in [6, 6.07) is 0. The van der Waals surface area contributed by atoms with Crippen molar-refractivity contribution in [1.29, 1.82) is 0 Å². The molecule has 0 aromatic heterocycles. The summed E-state index contributed by atoms with van der Waals surface area (Å²) in [5.74, 6) is -0.206. The van der Waals surface area contributed by atoms with Gasteiger partial charge >= 0.3 is 5.97 Å². The van der Waals surface area contributed by atoms with Gasteiger partial charge in [0, 0.05) is 13.0 Å². The van der Waals surface area contributed by atoms with Crippen molar-refractivity contribution in [3.63, 3.8) is 0 Å². The fraction of sp³-hybridized carbons (Fsp3) is 0.827. The quantitative estimate of drug-likeness (QED) is 0.0379. The number of carbonyl (C=O) groups excluding carboxylic acids is 1. The van der Waals surface area contributed by atoms with Crippen molar-refractivity contribution < 1.29 is 19.4 Å². The molecule has 0 aliphatic rings. The third-order valence-corrected chi connectivity index (χ3v) is 10.9. The van der Waals surface area contributed by atoms with Gasteiger partial charge in [-0.15, -0.1) is 0 Å². The summed E-state index contributed by atoms with van der Waals surface area (Å²) in [5, 5.41) is 9.64. The van der Waals surface area contributed by atoms with E-state index in [4.69, 9.17) is 9.47 Å². The first kappa shape index (κ1) is 54.3. The molecule has 0 saturated carbocycles. The van der Waals surface area contributed by atoms with Crippen LogP contribution in [0.5, 0.6) is 0 Å². The van der Waals surface area contributed by atoms with Crippen LogP contribution in [-0.4, -0.2) is 37.0 Å². The normalized spacial score (nSPS) is 12.7. The fourth-order valence-corrected chi connectivity index (χ4v) is 7.15. The molecule has 328 valence electrons. The molecule has 56 heavy (non-hydrogen) atoms. The predicted molar refractivity (Wildman–Crippen MR) is 247 cm³/mol. The van der Waals surface area contributed by atoms with Crippen molar-refractivity contribution in [2.24, 2.45) is 0 Å². The van der Waals surface area contributed by atoms with Crippen molar-refractivity contribution in [1.82, 2.24) is 0 Å². The van der Waals surface area contributed by atoms with E-state index in [1.807, 2.05) is 0 Å². The van der Waals surface area contributed by atoms with Gasteiger partial charge in [0.25, 0.3) is 0 Å². The third-order valence-electron chi connectivity index (χ3n) is 10.9. The summed E-state index contributed by atoms with van der Waals surface area (Å²) in [6.45, 7) is 5.33. The molecule has 0 bridgehead atoms. The number of hydrogen-bond acceptors (Lipinski definition) is 4. The minimum absolute atomic E-state index is 0.174. The van der Waals surface area contributed by atoms with Crippen LogP contribution < -0.4 is 0 Å². The van der Waals surface area contributed by atoms with E-state index >= 15 is 0 Å². The van der Waals surface area contributed by atoms with E-state index in [1.165, 1.54) is 199 Å². The molecule has 0 aromatic carbocycles. The van der Waals surface area contributed by atoms with Crippen molar-refractivity contribution in [3.05, 3.63) is 48.6 Å². The molecule has 4 nitrogen and oxygen atoms in total. The van der Waals surface area contributed by atoms with Crippen LogP contribution in [-0.2, 0) is 14.3 Å². The Morgan fingerprint density at radius 2 is 0.750 bits per heavy atom. The molecule has 1 atom stereocenters. The van der Waals surface area contributed by atoms with Gasteiger partial charge in [-0.1, -0.05) is 217 Å². The summed E-state index contributed by atoms with van der Waals surface area (Å²) < 4.78 is 11.2. The Labute approximate surface area is 350 Å². The predicted octanol–water partition coefficient (Wildman–Crippen LogP) is 16.6. The number of aliphatic hydroxyl groups excluding tert-OH is 1. The highest BCUT2D eigenvalue weighted by Crippen LogP contribution is 2.15. The lowest BCUT2D eigenvalue weighted by molar-refractivity contribution is -0.154. The lowest BCUT2D eigenvalue weighted by Gasteiger charge is -2.16. The Kier molecular flexibility index (Phi) is 48.0. The molecule has 1 N–H and O–H groups in total. The van der Waals surface area contributed by atoms with E-state index in [0.29, 0.717) is 19.6 Å². The second-order valence-corrected chi connectivity index (χ2v) is 16.5. The van der Waals surface area contributed by atoms with Gasteiger partial charge in [0.2, 0.25) is 0 Å². The molecule has 0 aliphatic carbocycles. The van der Waals surface area contributed by atoms with Gasteiger partial charge in [-0.2, -0.15) is 0 Å². The summed E-state index contributed by atoms with van der Waals surface area (Å²) in [5.41, 5.74) is 0. The molecular formula is C52H96O4. The summed E-state index contributed by atoms with van der Waals surface area (Å²) in [6.07, 6.45) is 64.8. The number of aliphatic hydroxyl groups is 1. The monoisotopic (exact) mass is 785 g/mol. The zero-order valence-corrected chi connectivity index (χ0v) is 37.7. The first-order valence-electron chi connectivity index (χ1n) is 24.7. The highest BCUT2D eigenvalue weighted by molar-refractivity contribution is 5.69. The van der Waals surface area contributed by atoms with E-state index in [1.54, 1.807) is 0 Å². The molecule has 0 aromatic rings. The van der Waals surface area contributed by atoms with Gasteiger partial charge in [-0.05, 0) is 77.0 Å². The van der Waals surface area contributed by atoms with E-state index in [0.717, 1.165) is 32.1 Å². The van der Waals surface area contributed by atoms with Gasteiger partial charge in [0.1, 0.15) is 6.10 Å². The molecule has 0 amide bonds. The highest BCUT2D eigenvalue weighted by Gasteiger charge is 2.13. The summed E-state index contributed by atoms with van der Waals surface area (Å²) >= 11 is 0. The van der Waals surface area contributed by atoms with Crippen LogP contribution in [0.2, 0.25) is 0 Å². The minimum atomic E-state index is -0.539. The van der Waals surface area contributed by atoms with Gasteiger partial charge in [-0.25, -0.2) is 0 Å². The van der Waals surface area contributed by atoms with Crippen molar-refractivity contribution >= 4 is 5.97 Å². The molecular weight excluding hydrogens is 689 g/mol. The van der Waals surface area contributed by atoms with Gasteiger partial charge in [-0.3, -0.25) is 4.79 Å². The van der Waals surface area contributed by atoms with Crippen LogP contribution in [0.1, 0.15) is 251 Å². The fourth-order valence-electron chi connectivity index (χ4n) is 7.15. The number of ether oxygens (including phenoxy) is 2. The standard InChI is InChI=1S/C52H96O4/c1-3-5-7-9-11-13-15-17-19-21-23-24-25-26-27-28-29-30-32-34-36-38-40-42-44-46-48-55-50-51(49-53)56-52(54)47-45-43-41-39-37-35-33-31-22-20-18-16-14-12-10-8-6-4-2/h14-17,20-23,51,53H,3-13,18-19,24-50H2,1-2H3/b16-14-,17-15-,22-20-,23-21-. The molecule has 0 saturated heterocycles. The summed E-state index contributed by atoms with van der Waals surface area (Å²) in [7, 11) is 0. The molecule has 0 aliphatic heterocycles. The number of esters is 1. The molecule has 0 radical (unpaired) electrons. The van der Waals surface area contributed by atoms with Crippen molar-refractivity contribution in [2.75, 3.05) is 19.8 Å². The first-order chi connectivity index (χ1) is 27.7. The van der Waals surface area contributed by atoms with E-state index in [2.05, 4.69) is 62.5 Å². The Bertz CT molecular complexity index is 874. The molecule has 0 rings (SSSR count). The Morgan fingerprint density at radius 3 is 1.12 bits per heavy atom. The molecule has 0 heterocycles. The van der Waals surface area contributed by atoms with Crippen molar-refractivity contribution in [3.8, 4) is 0 Å². The van der Waals surface area contributed by atoms with E-state index in [-0.39, 0.29) is 12.6 Å². The van der Waals surface area contributed by atoms with E-state index < -0.39 is 6.10 Å². The maximum atomic E-state index is 12.2. The Hall–Kier alpha value is -1.65. The maximum absolute atomic E-state index is 12.2. The molecule has 0 spiro atoms. The number of hydrogen-bond donors (Lipinski definition) is 1. The maximum Gasteiger partial charge on any atom is 0.306 e. The van der Waals surface area contributed by atoms with Crippen molar-refractivity contribution in [2.45, 2.75) is 258 Å². The molecule has 4 heteroatoms. The molecule has 0 fully saturated rings. The zero-order valence-electron chi connectivity index (χ0n) is 37.7. The number of unbranched alkanes of at least 4 members (excludes halogenated alkanes) is 30. The third kappa shape index (κ3) is 46.7. The van der Waals surface area contributed by atoms with Crippen LogP contribution in [0.25, 0.3) is 0 Å². The lowest BCUT2D eigenvalue weighted by Crippen LogP contribution is -2.27. The van der Waals surface area contributed by atoms with Crippen LogP contribution in [0.3, 0.4) is 0 Å². The van der Waals surface area contributed by atoms with Gasteiger partial charge in [0.05, 0.1) is 13.2 Å². The van der Waals surface area contributed by atoms with Gasteiger partial charge < -0.3 is 14.6 Å². The number of carbonyl (C=O) groups is 1. The van der Waals surface area contributed by atoms with Crippen LogP contribution in [0.4, 0.5) is 0 Å². The number of allylic oxidation sites excluding steroid dienone is 8. The average Bonchev–Trinajstić information content (AvgIpc) is 3.20. The van der Waals surface area contributed by atoms with Crippen LogP contribution >= 0.6 is 0 Å². The van der Waals surface area contributed by atoms with E-state index in [9.17, 15) is 9.90 Å². The summed E-state index contributed by atoms with van der Waals surface area (Å²) in [4.78, 5) is 12.2. The lowest BCUT2D eigenvalue weighted by atomic mass is 10.0. The smallest absolute Gasteiger partial charge is 0.306 e.